The first-order chi connectivity index (χ1) is 12.9. The van der Waals surface area contributed by atoms with Crippen LogP contribution in [0.4, 0.5) is 26.5 Å². The van der Waals surface area contributed by atoms with E-state index in [2.05, 4.69) is 6.58 Å². The molecular weight excluding hydrogens is 395 g/mol. The van der Waals surface area contributed by atoms with Gasteiger partial charge in [0.1, 0.15) is 5.82 Å². The number of hydrogen-bond donors (Lipinski definition) is 0. The molecule has 0 saturated carbocycles. The van der Waals surface area contributed by atoms with Crippen LogP contribution >= 0.6 is 23.1 Å². The van der Waals surface area contributed by atoms with Gasteiger partial charge in [-0.1, -0.05) is 18.3 Å². The number of anilines is 2. The molecular formula is C16H15FN4O4S2. The number of nitrogens with zero attached hydrogens (tertiary/aromatic N) is 4. The zero-order valence-electron chi connectivity index (χ0n) is 14.0. The van der Waals surface area contributed by atoms with Crippen LogP contribution in [-0.2, 0) is 0 Å². The minimum absolute atomic E-state index is 0.0538. The highest BCUT2D eigenvalue weighted by molar-refractivity contribution is 8.04. The highest BCUT2D eigenvalue weighted by atomic mass is 32.2. The Hall–Kier alpha value is -2.66. The number of piperazine rings is 1. The van der Waals surface area contributed by atoms with Crippen molar-refractivity contribution < 1.29 is 14.2 Å². The molecule has 0 amide bonds. The van der Waals surface area contributed by atoms with Crippen molar-refractivity contribution in [3.63, 3.8) is 0 Å². The molecule has 3 rings (SSSR count). The molecule has 11 heteroatoms. The predicted octanol–water partition coefficient (Wildman–Crippen LogP) is 4.27. The van der Waals surface area contributed by atoms with E-state index < -0.39 is 9.85 Å². The van der Waals surface area contributed by atoms with Crippen LogP contribution in [0.1, 0.15) is 0 Å². The maximum atomic E-state index is 13.1. The summed E-state index contributed by atoms with van der Waals surface area (Å²) in [5.41, 5.74) is 0.651. The fourth-order valence-electron chi connectivity index (χ4n) is 2.95. The first-order valence-corrected chi connectivity index (χ1v) is 9.60. The topological polar surface area (TPSA) is 92.8 Å². The second kappa shape index (κ2) is 7.92. The minimum Gasteiger partial charge on any atom is -0.368 e. The molecule has 0 atom stereocenters. The summed E-state index contributed by atoms with van der Waals surface area (Å²) < 4.78 is 13.3. The summed E-state index contributed by atoms with van der Waals surface area (Å²) in [5, 5.41) is 24.2. The average Bonchev–Trinajstić information content (AvgIpc) is 3.03. The highest BCUT2D eigenvalue weighted by Crippen LogP contribution is 2.51. The Morgan fingerprint density at radius 3 is 2.19 bits per heavy atom. The molecule has 1 aromatic carbocycles. The Labute approximate surface area is 162 Å². The van der Waals surface area contributed by atoms with Crippen LogP contribution in [0.5, 0.6) is 0 Å². The van der Waals surface area contributed by atoms with Gasteiger partial charge in [0.15, 0.2) is 4.21 Å². The Kier molecular flexibility index (Phi) is 5.61. The van der Waals surface area contributed by atoms with Crippen molar-refractivity contribution in [1.29, 1.82) is 0 Å². The van der Waals surface area contributed by atoms with Crippen LogP contribution < -0.4 is 9.80 Å². The molecule has 142 valence electrons. The third kappa shape index (κ3) is 3.88. The van der Waals surface area contributed by atoms with Gasteiger partial charge in [0, 0.05) is 31.9 Å². The maximum absolute atomic E-state index is 13.1. The summed E-state index contributed by atoms with van der Waals surface area (Å²) in [7, 11) is 0. The number of thiophene rings is 1. The monoisotopic (exact) mass is 410 g/mol. The molecule has 0 spiro atoms. The lowest BCUT2D eigenvalue weighted by Gasteiger charge is -2.36. The van der Waals surface area contributed by atoms with Crippen molar-refractivity contribution in [3.8, 4) is 0 Å². The van der Waals surface area contributed by atoms with Crippen LogP contribution in [0.3, 0.4) is 0 Å². The smallest absolute Gasteiger partial charge is 0.355 e. The quantitative estimate of drug-likeness (QED) is 0.399. The van der Waals surface area contributed by atoms with Crippen LogP contribution in [0.2, 0.25) is 0 Å². The van der Waals surface area contributed by atoms with Gasteiger partial charge in [0.2, 0.25) is 5.69 Å². The van der Waals surface area contributed by atoms with Gasteiger partial charge < -0.3 is 9.80 Å². The average molecular weight is 410 g/mol. The normalized spacial score (nSPS) is 14.3. The van der Waals surface area contributed by atoms with Crippen molar-refractivity contribution >= 4 is 45.2 Å². The van der Waals surface area contributed by atoms with E-state index in [0.717, 1.165) is 28.8 Å². The second-order valence-corrected chi connectivity index (χ2v) is 7.88. The van der Waals surface area contributed by atoms with Gasteiger partial charge in [-0.15, -0.1) is 0 Å². The lowest BCUT2D eigenvalue weighted by atomic mass is 10.2. The van der Waals surface area contributed by atoms with Crippen molar-refractivity contribution in [2.24, 2.45) is 0 Å². The lowest BCUT2D eigenvalue weighted by Crippen LogP contribution is -2.46. The molecule has 1 fully saturated rings. The first-order valence-electron chi connectivity index (χ1n) is 7.91. The molecule has 1 aliphatic rings. The summed E-state index contributed by atoms with van der Waals surface area (Å²) in [6.07, 6.45) is 0. The summed E-state index contributed by atoms with van der Waals surface area (Å²) in [6, 6.07) is 6.07. The van der Waals surface area contributed by atoms with Crippen LogP contribution in [-0.4, -0.2) is 36.0 Å². The number of thioether (sulfide) groups is 1. The van der Waals surface area contributed by atoms with Crippen LogP contribution in [0, 0.1) is 26.0 Å². The van der Waals surface area contributed by atoms with Gasteiger partial charge in [0.25, 0.3) is 0 Å². The lowest BCUT2D eigenvalue weighted by molar-refractivity contribution is -0.390. The van der Waals surface area contributed by atoms with Crippen molar-refractivity contribution in [2.45, 2.75) is 4.21 Å². The molecule has 1 saturated heterocycles. The summed E-state index contributed by atoms with van der Waals surface area (Å²) in [4.78, 5) is 25.6. The van der Waals surface area contributed by atoms with E-state index in [1.807, 2.05) is 4.90 Å². The van der Waals surface area contributed by atoms with Gasteiger partial charge in [-0.3, -0.25) is 20.2 Å². The molecule has 1 aliphatic heterocycles. The van der Waals surface area contributed by atoms with Crippen molar-refractivity contribution in [2.75, 3.05) is 36.0 Å². The number of nitro groups is 2. The number of rotatable bonds is 6. The van der Waals surface area contributed by atoms with Crippen molar-refractivity contribution in [1.82, 2.24) is 0 Å². The SMILES string of the molecule is C=CSc1sc([N+](=O)[O-])c(N2CCN(c3ccc(F)cc3)CC2)c1[N+](=O)[O-]. The third-order valence-corrected chi connectivity index (χ3v) is 6.16. The molecule has 0 N–H and O–H groups in total. The van der Waals surface area contributed by atoms with E-state index in [9.17, 15) is 24.6 Å². The Bertz CT molecular complexity index is 879. The van der Waals surface area contributed by atoms with Crippen LogP contribution in [0.15, 0.2) is 40.5 Å². The molecule has 27 heavy (non-hydrogen) atoms. The molecule has 1 aromatic heterocycles. The van der Waals surface area contributed by atoms with Gasteiger partial charge in [0.05, 0.1) is 9.85 Å². The Balaban J connectivity index is 1.88. The second-order valence-electron chi connectivity index (χ2n) is 5.64. The number of benzene rings is 1. The number of hydrogen-bond acceptors (Lipinski definition) is 8. The zero-order chi connectivity index (χ0) is 19.6. The molecule has 0 radical (unpaired) electrons. The molecule has 8 nitrogen and oxygen atoms in total. The van der Waals surface area contributed by atoms with E-state index in [4.69, 9.17) is 0 Å². The van der Waals surface area contributed by atoms with Gasteiger partial charge in [-0.05, 0) is 41.0 Å². The molecule has 0 unspecified atom stereocenters. The molecule has 2 aromatic rings. The third-order valence-electron chi connectivity index (χ3n) is 4.14. The molecule has 0 aliphatic carbocycles. The minimum atomic E-state index is -0.577. The summed E-state index contributed by atoms with van der Waals surface area (Å²) in [6.45, 7) is 5.33. The standard InChI is InChI=1S/C16H15FN4O4S2/c1-2-26-16-14(20(22)23)13(15(27-16)21(24)25)19-9-7-18(8-10-19)12-5-3-11(17)4-6-12/h2-6H,1,7-10H2. The van der Waals surface area contributed by atoms with E-state index in [-0.39, 0.29) is 26.4 Å². The predicted molar refractivity (Wildman–Crippen MR) is 105 cm³/mol. The molecule has 2 heterocycles. The summed E-state index contributed by atoms with van der Waals surface area (Å²) >= 11 is 1.80. The Morgan fingerprint density at radius 2 is 1.67 bits per heavy atom. The fourth-order valence-corrected chi connectivity index (χ4v) is 4.86. The van der Waals surface area contributed by atoms with E-state index in [0.29, 0.717) is 26.2 Å². The van der Waals surface area contributed by atoms with Gasteiger partial charge in [-0.2, -0.15) is 0 Å². The van der Waals surface area contributed by atoms with E-state index in [1.165, 1.54) is 17.5 Å². The first kappa shape index (κ1) is 19.1. The highest BCUT2D eigenvalue weighted by Gasteiger charge is 2.38. The summed E-state index contributed by atoms with van der Waals surface area (Å²) in [5.74, 6) is -0.325. The number of halogens is 1. The van der Waals surface area contributed by atoms with E-state index in [1.54, 1.807) is 17.0 Å². The van der Waals surface area contributed by atoms with Crippen LogP contribution in [0.25, 0.3) is 0 Å². The maximum Gasteiger partial charge on any atom is 0.355 e. The van der Waals surface area contributed by atoms with Gasteiger partial charge >= 0.3 is 10.7 Å². The van der Waals surface area contributed by atoms with Crippen molar-refractivity contribution in [3.05, 3.63) is 62.3 Å². The largest absolute Gasteiger partial charge is 0.368 e. The Morgan fingerprint density at radius 1 is 1.07 bits per heavy atom. The fraction of sp³-hybridized carbons (Fsp3) is 0.250. The zero-order valence-corrected chi connectivity index (χ0v) is 15.7. The van der Waals surface area contributed by atoms with E-state index >= 15 is 0 Å². The van der Waals surface area contributed by atoms with Gasteiger partial charge in [-0.25, -0.2) is 4.39 Å². The molecule has 0 bridgehead atoms.